The molecule has 7 heteroatoms. The predicted molar refractivity (Wildman–Crippen MR) is 75.3 cm³/mol. The summed E-state index contributed by atoms with van der Waals surface area (Å²) in [6.45, 7) is 0.599. The van der Waals surface area contributed by atoms with Crippen molar-refractivity contribution in [3.63, 3.8) is 0 Å². The van der Waals surface area contributed by atoms with E-state index in [0.717, 1.165) is 17.1 Å². The lowest BCUT2D eigenvalue weighted by Gasteiger charge is -2.07. The molecule has 0 saturated carbocycles. The molecule has 0 aliphatic heterocycles. The quantitative estimate of drug-likeness (QED) is 0.889. The summed E-state index contributed by atoms with van der Waals surface area (Å²) in [6, 6.07) is 1.64. The number of aromatic amines is 1. The SMILES string of the molecule is COCCC(N)c1ncc(-c2cc(Cl)sc2Cl)[nH]1. The largest absolute Gasteiger partial charge is 0.385 e. The van der Waals surface area contributed by atoms with Crippen LogP contribution < -0.4 is 5.73 Å². The second-order valence-electron chi connectivity index (χ2n) is 3.81. The molecule has 2 rings (SSSR count). The van der Waals surface area contributed by atoms with Crippen LogP contribution in [0.3, 0.4) is 0 Å². The van der Waals surface area contributed by atoms with Crippen LogP contribution >= 0.6 is 34.5 Å². The highest BCUT2D eigenvalue weighted by atomic mass is 35.5. The second-order valence-corrected chi connectivity index (χ2v) is 6.09. The van der Waals surface area contributed by atoms with Crippen LogP contribution in [0.25, 0.3) is 11.3 Å². The summed E-state index contributed by atoms with van der Waals surface area (Å²) < 4.78 is 6.28. The van der Waals surface area contributed by atoms with Gasteiger partial charge in [-0.15, -0.1) is 11.3 Å². The lowest BCUT2D eigenvalue weighted by molar-refractivity contribution is 0.187. The van der Waals surface area contributed by atoms with Gasteiger partial charge in [-0.2, -0.15) is 0 Å². The molecule has 0 bridgehead atoms. The van der Waals surface area contributed by atoms with E-state index < -0.39 is 0 Å². The van der Waals surface area contributed by atoms with Crippen LogP contribution in [0.1, 0.15) is 18.3 Å². The van der Waals surface area contributed by atoms with Crippen molar-refractivity contribution in [1.82, 2.24) is 9.97 Å². The Morgan fingerprint density at radius 3 is 2.94 bits per heavy atom. The monoisotopic (exact) mass is 305 g/mol. The first-order valence-corrected chi connectivity index (χ1v) is 6.93. The number of aromatic nitrogens is 2. The highest BCUT2D eigenvalue weighted by molar-refractivity contribution is 7.20. The van der Waals surface area contributed by atoms with E-state index in [1.165, 1.54) is 11.3 Å². The molecule has 3 N–H and O–H groups in total. The summed E-state index contributed by atoms with van der Waals surface area (Å²) >= 11 is 13.3. The van der Waals surface area contributed by atoms with Crippen molar-refractivity contribution < 1.29 is 4.74 Å². The third kappa shape index (κ3) is 3.05. The van der Waals surface area contributed by atoms with Crippen molar-refractivity contribution in [1.29, 1.82) is 0 Å². The van der Waals surface area contributed by atoms with E-state index in [9.17, 15) is 0 Å². The summed E-state index contributed by atoms with van der Waals surface area (Å²) in [7, 11) is 1.65. The normalized spacial score (nSPS) is 12.9. The summed E-state index contributed by atoms with van der Waals surface area (Å²) in [5.41, 5.74) is 7.66. The maximum atomic E-state index is 6.09. The fourth-order valence-corrected chi connectivity index (χ4v) is 3.06. The fraction of sp³-hybridized carbons (Fsp3) is 0.364. The molecule has 0 amide bonds. The topological polar surface area (TPSA) is 63.9 Å². The lowest BCUT2D eigenvalue weighted by Crippen LogP contribution is -2.14. The minimum atomic E-state index is -0.174. The summed E-state index contributed by atoms with van der Waals surface area (Å²) in [6.07, 6.45) is 2.42. The van der Waals surface area contributed by atoms with Crippen LogP contribution in [0.2, 0.25) is 8.67 Å². The van der Waals surface area contributed by atoms with Gasteiger partial charge >= 0.3 is 0 Å². The van der Waals surface area contributed by atoms with Crippen LogP contribution in [0.5, 0.6) is 0 Å². The predicted octanol–water partition coefficient (Wildman–Crippen LogP) is 3.48. The molecule has 2 aromatic rings. The standard InChI is InChI=1S/C11H13Cl2N3OS/c1-17-3-2-7(14)11-15-5-8(16-11)6-4-9(12)18-10(6)13/h4-5,7H,2-3,14H2,1H3,(H,15,16). The first-order valence-electron chi connectivity index (χ1n) is 5.36. The molecule has 0 aliphatic rings. The maximum Gasteiger partial charge on any atom is 0.123 e. The zero-order valence-corrected chi connectivity index (χ0v) is 12.1. The number of thiophene rings is 1. The first kappa shape index (κ1) is 13.8. The molecule has 0 aromatic carbocycles. The molecule has 0 radical (unpaired) electrons. The Morgan fingerprint density at radius 1 is 1.56 bits per heavy atom. The minimum absolute atomic E-state index is 0.174. The smallest absolute Gasteiger partial charge is 0.123 e. The number of nitrogens with zero attached hydrogens (tertiary/aromatic N) is 1. The molecule has 0 fully saturated rings. The van der Waals surface area contributed by atoms with E-state index in [1.54, 1.807) is 13.3 Å². The van der Waals surface area contributed by atoms with Gasteiger partial charge in [-0.1, -0.05) is 23.2 Å². The Labute approximate surface area is 119 Å². The molecule has 4 nitrogen and oxygen atoms in total. The number of rotatable bonds is 5. The Balaban J connectivity index is 2.17. The van der Waals surface area contributed by atoms with Gasteiger partial charge in [0.15, 0.2) is 0 Å². The number of methoxy groups -OCH3 is 1. The van der Waals surface area contributed by atoms with Crippen molar-refractivity contribution in [2.24, 2.45) is 5.73 Å². The number of halogens is 2. The van der Waals surface area contributed by atoms with Gasteiger partial charge in [0.05, 0.1) is 22.3 Å². The van der Waals surface area contributed by atoms with E-state index in [2.05, 4.69) is 9.97 Å². The highest BCUT2D eigenvalue weighted by Gasteiger charge is 2.14. The van der Waals surface area contributed by atoms with Crippen LogP contribution in [0, 0.1) is 0 Å². The molecule has 2 heterocycles. The number of hydrogen-bond donors (Lipinski definition) is 2. The molecule has 98 valence electrons. The molecule has 1 atom stereocenters. The highest BCUT2D eigenvalue weighted by Crippen LogP contribution is 2.37. The number of hydrogen-bond acceptors (Lipinski definition) is 4. The van der Waals surface area contributed by atoms with Crippen LogP contribution in [-0.4, -0.2) is 23.7 Å². The van der Waals surface area contributed by atoms with E-state index in [-0.39, 0.29) is 6.04 Å². The average Bonchev–Trinajstić information content (AvgIpc) is 2.92. The Kier molecular flexibility index (Phi) is 4.64. The minimum Gasteiger partial charge on any atom is -0.385 e. The number of H-pyrrole nitrogens is 1. The van der Waals surface area contributed by atoms with Crippen molar-refractivity contribution >= 4 is 34.5 Å². The first-order chi connectivity index (χ1) is 8.61. The van der Waals surface area contributed by atoms with Crippen LogP contribution in [0.4, 0.5) is 0 Å². The van der Waals surface area contributed by atoms with E-state index in [0.29, 0.717) is 21.7 Å². The Bertz CT molecular complexity index is 526. The fourth-order valence-electron chi connectivity index (χ4n) is 1.57. The van der Waals surface area contributed by atoms with E-state index in [1.807, 2.05) is 6.07 Å². The number of nitrogens with two attached hydrogens (primary N) is 1. The third-order valence-electron chi connectivity index (χ3n) is 2.53. The third-order valence-corrected chi connectivity index (χ3v) is 4.01. The van der Waals surface area contributed by atoms with Gasteiger partial charge in [-0.25, -0.2) is 4.98 Å². The van der Waals surface area contributed by atoms with Crippen LogP contribution in [-0.2, 0) is 4.74 Å². The van der Waals surface area contributed by atoms with Crippen molar-refractivity contribution in [2.45, 2.75) is 12.5 Å². The molecule has 1 unspecified atom stereocenters. The molecule has 0 aliphatic carbocycles. The van der Waals surface area contributed by atoms with Gasteiger partial charge in [-0.05, 0) is 12.5 Å². The average molecular weight is 306 g/mol. The molecule has 0 saturated heterocycles. The molecular weight excluding hydrogens is 293 g/mol. The van der Waals surface area contributed by atoms with Gasteiger partial charge in [0.1, 0.15) is 10.2 Å². The molecule has 0 spiro atoms. The van der Waals surface area contributed by atoms with Gasteiger partial charge in [0.25, 0.3) is 0 Å². The number of nitrogens with one attached hydrogen (secondary N) is 1. The lowest BCUT2D eigenvalue weighted by atomic mass is 10.2. The zero-order chi connectivity index (χ0) is 13.1. The number of ether oxygens (including phenoxy) is 1. The number of imidazole rings is 1. The van der Waals surface area contributed by atoms with Gasteiger partial charge in [-0.3, -0.25) is 0 Å². The zero-order valence-electron chi connectivity index (χ0n) is 9.74. The Morgan fingerprint density at radius 2 is 2.33 bits per heavy atom. The van der Waals surface area contributed by atoms with E-state index in [4.69, 9.17) is 33.7 Å². The molecule has 2 aromatic heterocycles. The van der Waals surface area contributed by atoms with Gasteiger partial charge in [0, 0.05) is 19.3 Å². The van der Waals surface area contributed by atoms with Crippen molar-refractivity contribution in [3.8, 4) is 11.3 Å². The van der Waals surface area contributed by atoms with Crippen molar-refractivity contribution in [3.05, 3.63) is 26.8 Å². The van der Waals surface area contributed by atoms with Crippen molar-refractivity contribution in [2.75, 3.05) is 13.7 Å². The van der Waals surface area contributed by atoms with E-state index >= 15 is 0 Å². The molecular formula is C11H13Cl2N3OS. The van der Waals surface area contributed by atoms with Gasteiger partial charge in [0.2, 0.25) is 0 Å². The second kappa shape index (κ2) is 6.04. The summed E-state index contributed by atoms with van der Waals surface area (Å²) in [5.74, 6) is 0.723. The maximum absolute atomic E-state index is 6.09. The summed E-state index contributed by atoms with van der Waals surface area (Å²) in [5, 5.41) is 0. The van der Waals surface area contributed by atoms with Crippen LogP contribution in [0.15, 0.2) is 12.3 Å². The Hall–Kier alpha value is -0.590. The molecule has 18 heavy (non-hydrogen) atoms. The summed E-state index contributed by atoms with van der Waals surface area (Å²) in [4.78, 5) is 7.43. The van der Waals surface area contributed by atoms with Gasteiger partial charge < -0.3 is 15.5 Å².